The molecular formula is C10H8BrF2NO5. The lowest BCUT2D eigenvalue weighted by molar-refractivity contribution is -0.386. The fourth-order valence-electron chi connectivity index (χ4n) is 1.53. The maximum absolute atomic E-state index is 12.2. The average molecular weight is 340 g/mol. The van der Waals surface area contributed by atoms with Crippen LogP contribution in [0.25, 0.3) is 0 Å². The molecule has 1 N–H and O–H groups in total. The third kappa shape index (κ3) is 3.85. The molecule has 0 aromatic heterocycles. The van der Waals surface area contributed by atoms with Crippen molar-refractivity contribution in [2.75, 3.05) is 0 Å². The number of nitrogens with zero attached hydrogens (tertiary/aromatic N) is 1. The van der Waals surface area contributed by atoms with Gasteiger partial charge in [0, 0.05) is 10.9 Å². The van der Waals surface area contributed by atoms with Crippen LogP contribution in [0.5, 0.6) is 5.75 Å². The van der Waals surface area contributed by atoms with Crippen LogP contribution in [0.15, 0.2) is 12.1 Å². The summed E-state index contributed by atoms with van der Waals surface area (Å²) < 4.78 is 28.5. The number of carboxylic acid groups (broad SMARTS) is 1. The molecule has 0 radical (unpaired) electrons. The molecule has 0 saturated heterocycles. The van der Waals surface area contributed by atoms with Gasteiger partial charge in [-0.2, -0.15) is 8.78 Å². The van der Waals surface area contributed by atoms with Crippen LogP contribution < -0.4 is 4.74 Å². The van der Waals surface area contributed by atoms with Gasteiger partial charge in [-0.25, -0.2) is 0 Å². The third-order valence-corrected chi connectivity index (χ3v) is 2.80. The van der Waals surface area contributed by atoms with Crippen molar-refractivity contribution in [2.45, 2.75) is 18.4 Å². The molecule has 1 aromatic rings. The van der Waals surface area contributed by atoms with Crippen LogP contribution in [0, 0.1) is 10.1 Å². The van der Waals surface area contributed by atoms with Gasteiger partial charge in [0.1, 0.15) is 5.75 Å². The molecule has 1 aromatic carbocycles. The van der Waals surface area contributed by atoms with Crippen LogP contribution in [0.4, 0.5) is 14.5 Å². The largest absolute Gasteiger partial charge is 0.481 e. The zero-order valence-corrected chi connectivity index (χ0v) is 10.9. The highest BCUT2D eigenvalue weighted by Gasteiger charge is 2.26. The van der Waals surface area contributed by atoms with Crippen LogP contribution in [-0.4, -0.2) is 22.6 Å². The second-order valence-corrected chi connectivity index (χ2v) is 3.95. The van der Waals surface area contributed by atoms with Crippen molar-refractivity contribution in [3.05, 3.63) is 33.4 Å². The predicted octanol–water partition coefficient (Wildman–Crippen LogP) is 2.72. The molecule has 0 aliphatic rings. The SMILES string of the molecule is O=C(O)Cc1c(OC(F)F)ccc(CBr)c1[N+](=O)[O-]. The first-order chi connectivity index (χ1) is 8.86. The summed E-state index contributed by atoms with van der Waals surface area (Å²) in [5.41, 5.74) is -0.727. The zero-order valence-electron chi connectivity index (χ0n) is 9.31. The van der Waals surface area contributed by atoms with Crippen molar-refractivity contribution in [3.63, 3.8) is 0 Å². The molecule has 6 nitrogen and oxygen atoms in total. The Labute approximate surface area is 114 Å². The van der Waals surface area contributed by atoms with Crippen molar-refractivity contribution in [3.8, 4) is 5.75 Å². The number of carboxylic acids is 1. The lowest BCUT2D eigenvalue weighted by Gasteiger charge is -2.11. The van der Waals surface area contributed by atoms with Crippen molar-refractivity contribution >= 4 is 27.6 Å². The molecule has 19 heavy (non-hydrogen) atoms. The van der Waals surface area contributed by atoms with Gasteiger partial charge in [-0.15, -0.1) is 0 Å². The molecule has 0 bridgehead atoms. The van der Waals surface area contributed by atoms with Crippen LogP contribution in [0.2, 0.25) is 0 Å². The lowest BCUT2D eigenvalue weighted by atomic mass is 10.0. The summed E-state index contributed by atoms with van der Waals surface area (Å²) in [6, 6.07) is 2.32. The number of aliphatic carboxylic acids is 1. The van der Waals surface area contributed by atoms with Crippen LogP contribution in [0.1, 0.15) is 11.1 Å². The Morgan fingerprint density at radius 3 is 2.58 bits per heavy atom. The molecular weight excluding hydrogens is 332 g/mol. The minimum absolute atomic E-state index is 0.0882. The predicted molar refractivity (Wildman–Crippen MR) is 63.7 cm³/mol. The van der Waals surface area contributed by atoms with Gasteiger partial charge in [-0.3, -0.25) is 14.9 Å². The number of carbonyl (C=O) groups is 1. The molecule has 9 heteroatoms. The Morgan fingerprint density at radius 1 is 1.53 bits per heavy atom. The van der Waals surface area contributed by atoms with Gasteiger partial charge in [0.05, 0.1) is 16.9 Å². The number of ether oxygens (including phenoxy) is 1. The summed E-state index contributed by atoms with van der Waals surface area (Å²) in [6.07, 6.45) is -0.779. The summed E-state index contributed by atoms with van der Waals surface area (Å²) in [5.74, 6) is -1.89. The Balaban J connectivity index is 3.44. The standard InChI is InChI=1S/C10H8BrF2NO5/c11-4-5-1-2-7(19-10(12)13)6(3-8(15)16)9(5)14(17)18/h1-2,10H,3-4H2,(H,15,16). The third-order valence-electron chi connectivity index (χ3n) is 2.19. The van der Waals surface area contributed by atoms with Crippen LogP contribution in [-0.2, 0) is 16.5 Å². The molecule has 0 amide bonds. The van der Waals surface area contributed by atoms with E-state index in [1.54, 1.807) is 0 Å². The highest BCUT2D eigenvalue weighted by molar-refractivity contribution is 9.08. The number of benzene rings is 1. The van der Waals surface area contributed by atoms with Crippen LogP contribution in [0.3, 0.4) is 0 Å². The minimum atomic E-state index is -3.19. The van der Waals surface area contributed by atoms with Crippen LogP contribution >= 0.6 is 15.9 Å². The maximum atomic E-state index is 12.2. The Hall–Kier alpha value is -1.77. The van der Waals surface area contributed by atoms with Crippen molar-refractivity contribution in [1.82, 2.24) is 0 Å². The summed E-state index contributed by atoms with van der Waals surface area (Å²) in [6.45, 7) is -3.19. The molecule has 0 unspecified atom stereocenters. The van der Waals surface area contributed by atoms with Gasteiger partial charge in [-0.1, -0.05) is 15.9 Å². The van der Waals surface area contributed by atoms with Crippen molar-refractivity contribution < 1.29 is 28.3 Å². The van der Waals surface area contributed by atoms with E-state index in [-0.39, 0.29) is 16.5 Å². The van der Waals surface area contributed by atoms with Gasteiger partial charge in [0.2, 0.25) is 0 Å². The number of rotatable bonds is 6. The molecule has 1 rings (SSSR count). The number of alkyl halides is 3. The normalized spacial score (nSPS) is 10.5. The topological polar surface area (TPSA) is 89.7 Å². The van der Waals surface area contributed by atoms with E-state index >= 15 is 0 Å². The highest BCUT2D eigenvalue weighted by Crippen LogP contribution is 2.34. The number of nitro groups is 1. The summed E-state index contributed by atoms with van der Waals surface area (Å²) >= 11 is 3.01. The first kappa shape index (κ1) is 15.3. The second kappa shape index (κ2) is 6.41. The van der Waals surface area contributed by atoms with E-state index in [0.717, 1.165) is 6.07 Å². The second-order valence-electron chi connectivity index (χ2n) is 3.39. The molecule has 0 atom stereocenters. The van der Waals surface area contributed by atoms with E-state index in [0.29, 0.717) is 0 Å². The Kier molecular flexibility index (Phi) is 5.16. The first-order valence-electron chi connectivity index (χ1n) is 4.88. The van der Waals surface area contributed by atoms with Gasteiger partial charge >= 0.3 is 12.6 Å². The van der Waals surface area contributed by atoms with E-state index in [4.69, 9.17) is 5.11 Å². The quantitative estimate of drug-likeness (QED) is 0.489. The fraction of sp³-hybridized carbons (Fsp3) is 0.300. The maximum Gasteiger partial charge on any atom is 0.387 e. The number of hydrogen-bond donors (Lipinski definition) is 1. The average Bonchev–Trinajstić information content (AvgIpc) is 2.29. The molecule has 0 heterocycles. The van der Waals surface area contributed by atoms with Crippen molar-refractivity contribution in [1.29, 1.82) is 0 Å². The Bertz CT molecular complexity index is 509. The highest BCUT2D eigenvalue weighted by atomic mass is 79.9. The minimum Gasteiger partial charge on any atom is -0.481 e. The van der Waals surface area contributed by atoms with E-state index in [1.807, 2.05) is 0 Å². The number of halogens is 3. The van der Waals surface area contributed by atoms with E-state index in [9.17, 15) is 23.7 Å². The first-order valence-corrected chi connectivity index (χ1v) is 6.00. The lowest BCUT2D eigenvalue weighted by Crippen LogP contribution is -2.11. The molecule has 0 saturated carbocycles. The number of hydrogen-bond acceptors (Lipinski definition) is 4. The van der Waals surface area contributed by atoms with Gasteiger partial charge in [0.15, 0.2) is 0 Å². The number of nitro benzene ring substituents is 1. The van der Waals surface area contributed by atoms with E-state index < -0.39 is 35.4 Å². The molecule has 0 aliphatic heterocycles. The van der Waals surface area contributed by atoms with Gasteiger partial charge < -0.3 is 9.84 Å². The van der Waals surface area contributed by atoms with E-state index in [1.165, 1.54) is 6.07 Å². The molecule has 104 valence electrons. The fourth-order valence-corrected chi connectivity index (χ4v) is 1.98. The summed E-state index contributed by atoms with van der Waals surface area (Å²) in [5, 5.41) is 19.8. The van der Waals surface area contributed by atoms with Gasteiger partial charge in [-0.05, 0) is 12.1 Å². The van der Waals surface area contributed by atoms with E-state index in [2.05, 4.69) is 20.7 Å². The summed E-state index contributed by atoms with van der Waals surface area (Å²) in [4.78, 5) is 20.9. The summed E-state index contributed by atoms with van der Waals surface area (Å²) in [7, 11) is 0. The monoisotopic (exact) mass is 339 g/mol. The van der Waals surface area contributed by atoms with Gasteiger partial charge in [0.25, 0.3) is 5.69 Å². The molecule has 0 spiro atoms. The zero-order chi connectivity index (χ0) is 14.6. The van der Waals surface area contributed by atoms with Crippen molar-refractivity contribution in [2.24, 2.45) is 0 Å². The molecule has 0 aliphatic carbocycles. The Morgan fingerprint density at radius 2 is 2.16 bits per heavy atom. The molecule has 0 fully saturated rings. The smallest absolute Gasteiger partial charge is 0.387 e.